The number of rotatable bonds is 4. The molecule has 2 rings (SSSR count). The molecular formula is C13H13NO2S. The highest BCUT2D eigenvalue weighted by Crippen LogP contribution is 2.32. The molecule has 1 aromatic carbocycles. The maximum Gasteiger partial charge on any atom is 0.151 e. The molecular weight excluding hydrogens is 234 g/mol. The van der Waals surface area contributed by atoms with Gasteiger partial charge in [-0.2, -0.15) is 0 Å². The molecule has 1 N–H and O–H groups in total. The molecule has 0 aliphatic heterocycles. The molecule has 0 unspecified atom stereocenters. The molecule has 0 aliphatic rings. The number of hydrogen-bond donors (Lipinski definition) is 1. The second-order valence-electron chi connectivity index (χ2n) is 3.41. The first-order valence-corrected chi connectivity index (χ1v) is 6.02. The quantitative estimate of drug-likeness (QED) is 0.902. The highest BCUT2D eigenvalue weighted by atomic mass is 32.2. The number of benzene rings is 1. The molecule has 4 heteroatoms. The Labute approximate surface area is 104 Å². The van der Waals surface area contributed by atoms with Crippen molar-refractivity contribution in [1.29, 1.82) is 0 Å². The molecule has 3 nitrogen and oxygen atoms in total. The summed E-state index contributed by atoms with van der Waals surface area (Å²) in [7, 11) is 1.63. The fourth-order valence-corrected chi connectivity index (χ4v) is 2.24. The first kappa shape index (κ1) is 12.0. The van der Waals surface area contributed by atoms with Crippen molar-refractivity contribution in [1.82, 2.24) is 4.98 Å². The zero-order chi connectivity index (χ0) is 12.1. The van der Waals surface area contributed by atoms with Gasteiger partial charge in [0, 0.05) is 11.1 Å². The fourth-order valence-electron chi connectivity index (χ4n) is 1.38. The lowest BCUT2D eigenvalue weighted by molar-refractivity contribution is 0.282. The zero-order valence-corrected chi connectivity index (χ0v) is 10.3. The maximum absolute atomic E-state index is 8.96. The average molecular weight is 247 g/mol. The molecule has 0 bridgehead atoms. The highest BCUT2D eigenvalue weighted by molar-refractivity contribution is 7.99. The lowest BCUT2D eigenvalue weighted by Gasteiger charge is -2.06. The van der Waals surface area contributed by atoms with E-state index in [1.54, 1.807) is 25.1 Å². The van der Waals surface area contributed by atoms with E-state index in [0.29, 0.717) is 0 Å². The molecule has 0 aliphatic carbocycles. The van der Waals surface area contributed by atoms with Crippen molar-refractivity contribution in [2.45, 2.75) is 16.5 Å². The summed E-state index contributed by atoms with van der Waals surface area (Å²) in [4.78, 5) is 5.34. The predicted molar refractivity (Wildman–Crippen MR) is 67.3 cm³/mol. The van der Waals surface area contributed by atoms with Crippen LogP contribution in [0.25, 0.3) is 0 Å². The molecule has 0 spiro atoms. The van der Waals surface area contributed by atoms with E-state index in [4.69, 9.17) is 9.84 Å². The molecule has 17 heavy (non-hydrogen) atoms. The Morgan fingerprint density at radius 1 is 1.24 bits per heavy atom. The monoisotopic (exact) mass is 247 g/mol. The molecule has 2 aromatic rings. The van der Waals surface area contributed by atoms with Gasteiger partial charge in [0.15, 0.2) is 5.75 Å². The third-order valence-electron chi connectivity index (χ3n) is 2.28. The number of aliphatic hydroxyl groups is 1. The molecule has 0 saturated heterocycles. The second kappa shape index (κ2) is 5.70. The van der Waals surface area contributed by atoms with E-state index in [1.807, 2.05) is 36.4 Å². The van der Waals surface area contributed by atoms with Gasteiger partial charge in [0.05, 0.1) is 13.7 Å². The summed E-state index contributed by atoms with van der Waals surface area (Å²) in [5.41, 5.74) is 0.905. The van der Waals surface area contributed by atoms with Crippen LogP contribution in [0.1, 0.15) is 5.56 Å². The van der Waals surface area contributed by atoms with Crippen molar-refractivity contribution in [2.75, 3.05) is 7.11 Å². The van der Waals surface area contributed by atoms with E-state index in [9.17, 15) is 0 Å². The molecule has 0 atom stereocenters. The predicted octanol–water partition coefficient (Wildman–Crippen LogP) is 2.73. The van der Waals surface area contributed by atoms with Crippen LogP contribution in [0.4, 0.5) is 0 Å². The second-order valence-corrected chi connectivity index (χ2v) is 4.48. The van der Waals surface area contributed by atoms with E-state index in [2.05, 4.69) is 4.98 Å². The third-order valence-corrected chi connectivity index (χ3v) is 3.28. The van der Waals surface area contributed by atoms with E-state index in [1.165, 1.54) is 0 Å². The molecule has 0 amide bonds. The average Bonchev–Trinajstić information content (AvgIpc) is 2.40. The van der Waals surface area contributed by atoms with Gasteiger partial charge >= 0.3 is 0 Å². The van der Waals surface area contributed by atoms with E-state index >= 15 is 0 Å². The molecule has 1 aromatic heterocycles. The number of nitrogens with zero attached hydrogens (tertiary/aromatic N) is 1. The highest BCUT2D eigenvalue weighted by Gasteiger charge is 2.05. The number of hydrogen-bond acceptors (Lipinski definition) is 4. The minimum Gasteiger partial charge on any atom is -0.494 e. The van der Waals surface area contributed by atoms with Crippen LogP contribution in [0.5, 0.6) is 5.75 Å². The van der Waals surface area contributed by atoms with E-state index in [-0.39, 0.29) is 6.61 Å². The van der Waals surface area contributed by atoms with Crippen molar-refractivity contribution in [3.05, 3.63) is 48.2 Å². The summed E-state index contributed by atoms with van der Waals surface area (Å²) in [5.74, 6) is 0.767. The van der Waals surface area contributed by atoms with Gasteiger partial charge in [0.25, 0.3) is 0 Å². The van der Waals surface area contributed by atoms with E-state index < -0.39 is 0 Å². The Balaban J connectivity index is 2.19. The van der Waals surface area contributed by atoms with Gasteiger partial charge in [-0.1, -0.05) is 23.9 Å². The zero-order valence-electron chi connectivity index (χ0n) is 9.46. The van der Waals surface area contributed by atoms with Gasteiger partial charge < -0.3 is 9.84 Å². The van der Waals surface area contributed by atoms with Gasteiger partial charge in [-0.15, -0.1) is 0 Å². The van der Waals surface area contributed by atoms with Gasteiger partial charge in [-0.3, -0.25) is 0 Å². The van der Waals surface area contributed by atoms with Crippen LogP contribution in [0, 0.1) is 0 Å². The summed E-state index contributed by atoms with van der Waals surface area (Å²) in [6.45, 7) is 0.0673. The lowest BCUT2D eigenvalue weighted by Crippen LogP contribution is -1.88. The van der Waals surface area contributed by atoms with Gasteiger partial charge in [0.2, 0.25) is 0 Å². The normalized spacial score (nSPS) is 10.2. The van der Waals surface area contributed by atoms with Crippen molar-refractivity contribution in [2.24, 2.45) is 0 Å². The largest absolute Gasteiger partial charge is 0.494 e. The van der Waals surface area contributed by atoms with Crippen LogP contribution < -0.4 is 4.74 Å². The first-order chi connectivity index (χ1) is 8.33. The standard InChI is InChI=1S/C13H13NO2S/c1-16-12-3-2-8-14-13(12)17-11-6-4-10(9-15)5-7-11/h2-8,15H,9H2,1H3. The maximum atomic E-state index is 8.96. The number of aromatic nitrogens is 1. The topological polar surface area (TPSA) is 42.4 Å². The Bertz CT molecular complexity index is 485. The van der Waals surface area contributed by atoms with Gasteiger partial charge in [-0.05, 0) is 29.8 Å². The molecule has 88 valence electrons. The number of ether oxygens (including phenoxy) is 1. The molecule has 1 heterocycles. The van der Waals surface area contributed by atoms with Gasteiger partial charge in [0.1, 0.15) is 5.03 Å². The summed E-state index contributed by atoms with van der Waals surface area (Å²) in [6, 6.07) is 11.5. The summed E-state index contributed by atoms with van der Waals surface area (Å²) < 4.78 is 5.24. The smallest absolute Gasteiger partial charge is 0.151 e. The van der Waals surface area contributed by atoms with Crippen LogP contribution in [0.3, 0.4) is 0 Å². The van der Waals surface area contributed by atoms with Crippen molar-refractivity contribution in [3.8, 4) is 5.75 Å². The summed E-state index contributed by atoms with van der Waals surface area (Å²) in [6.07, 6.45) is 1.74. The fraction of sp³-hybridized carbons (Fsp3) is 0.154. The third kappa shape index (κ3) is 2.99. The number of aliphatic hydroxyl groups excluding tert-OH is 1. The van der Waals surface area contributed by atoms with Crippen LogP contribution in [0.2, 0.25) is 0 Å². The SMILES string of the molecule is COc1cccnc1Sc1ccc(CO)cc1. The first-order valence-electron chi connectivity index (χ1n) is 5.20. The Morgan fingerprint density at radius 2 is 2.00 bits per heavy atom. The molecule has 0 saturated carbocycles. The van der Waals surface area contributed by atoms with Crippen LogP contribution >= 0.6 is 11.8 Å². The summed E-state index contributed by atoms with van der Waals surface area (Å²) in [5, 5.41) is 9.80. The van der Waals surface area contributed by atoms with Crippen LogP contribution in [-0.2, 0) is 6.61 Å². The van der Waals surface area contributed by atoms with Crippen LogP contribution in [-0.4, -0.2) is 17.2 Å². The van der Waals surface area contributed by atoms with Crippen LogP contribution in [0.15, 0.2) is 52.5 Å². The Morgan fingerprint density at radius 3 is 2.65 bits per heavy atom. The number of methoxy groups -OCH3 is 1. The molecule has 0 fully saturated rings. The lowest BCUT2D eigenvalue weighted by atomic mass is 10.2. The Hall–Kier alpha value is -1.52. The minimum atomic E-state index is 0.0673. The Kier molecular flexibility index (Phi) is 4.01. The minimum absolute atomic E-state index is 0.0673. The van der Waals surface area contributed by atoms with Gasteiger partial charge in [-0.25, -0.2) is 4.98 Å². The van der Waals surface area contributed by atoms with Crippen molar-refractivity contribution >= 4 is 11.8 Å². The van der Waals surface area contributed by atoms with Crippen molar-refractivity contribution < 1.29 is 9.84 Å². The molecule has 0 radical (unpaired) electrons. The summed E-state index contributed by atoms with van der Waals surface area (Å²) >= 11 is 1.54. The van der Waals surface area contributed by atoms with Crippen molar-refractivity contribution in [3.63, 3.8) is 0 Å². The number of pyridine rings is 1. The van der Waals surface area contributed by atoms with E-state index in [0.717, 1.165) is 21.2 Å².